The number of anilines is 3. The second kappa shape index (κ2) is 8.78. The van der Waals surface area contributed by atoms with Crippen molar-refractivity contribution < 1.29 is 4.39 Å². The minimum atomic E-state index is -0.279. The van der Waals surface area contributed by atoms with Crippen LogP contribution in [0.2, 0.25) is 0 Å². The summed E-state index contributed by atoms with van der Waals surface area (Å²) in [5.41, 5.74) is 4.72. The number of nitrogens with one attached hydrogen (secondary N) is 2. The van der Waals surface area contributed by atoms with Crippen LogP contribution in [0, 0.1) is 5.82 Å². The first-order chi connectivity index (χ1) is 16.0. The average molecular weight is 446 g/mol. The van der Waals surface area contributed by atoms with Crippen molar-refractivity contribution in [3.8, 4) is 11.4 Å². The van der Waals surface area contributed by atoms with E-state index < -0.39 is 0 Å². The van der Waals surface area contributed by atoms with E-state index in [1.54, 1.807) is 18.3 Å². The van der Waals surface area contributed by atoms with Crippen molar-refractivity contribution in [3.63, 3.8) is 0 Å². The maximum atomic E-state index is 13.4. The van der Waals surface area contributed by atoms with E-state index in [2.05, 4.69) is 51.0 Å². The molecule has 4 aromatic rings. The molecule has 1 aliphatic rings. The van der Waals surface area contributed by atoms with E-state index in [-0.39, 0.29) is 11.7 Å². The van der Waals surface area contributed by atoms with Gasteiger partial charge in [0.2, 0.25) is 0 Å². The lowest BCUT2D eigenvalue weighted by Gasteiger charge is -2.33. The molecule has 2 N–H and O–H groups in total. The normalized spacial score (nSPS) is 14.9. The summed E-state index contributed by atoms with van der Waals surface area (Å²) in [5, 5.41) is 4.62. The van der Waals surface area contributed by atoms with Crippen LogP contribution in [0.15, 0.2) is 48.9 Å². The van der Waals surface area contributed by atoms with Crippen LogP contribution in [0.1, 0.15) is 25.3 Å². The Labute approximate surface area is 192 Å². The van der Waals surface area contributed by atoms with Gasteiger partial charge in [0, 0.05) is 55.9 Å². The van der Waals surface area contributed by atoms with Crippen LogP contribution in [0.25, 0.3) is 22.4 Å². The van der Waals surface area contributed by atoms with Crippen LogP contribution in [-0.2, 0) is 0 Å². The number of halogens is 1. The molecule has 0 spiro atoms. The van der Waals surface area contributed by atoms with Gasteiger partial charge >= 0.3 is 0 Å². The predicted molar refractivity (Wildman–Crippen MR) is 131 cm³/mol. The quantitative estimate of drug-likeness (QED) is 0.461. The summed E-state index contributed by atoms with van der Waals surface area (Å²) in [5.74, 6) is 1.26. The standard InChI is InChI=1S/C25H28FN7/c1-16(2)19-14-28-23(17-4-6-18(26)7-5-17)31-24(19)30-20-8-9-27-25-22(20)21(15-29-25)33-12-10-32(3)11-13-33/h4-9,14-16H,10-13H2,1-3H3,(H2,27,28,29,30,31). The smallest absolute Gasteiger partial charge is 0.161 e. The second-order valence-corrected chi connectivity index (χ2v) is 8.83. The zero-order valence-corrected chi connectivity index (χ0v) is 19.1. The fourth-order valence-corrected chi connectivity index (χ4v) is 4.22. The molecule has 0 bridgehead atoms. The molecule has 1 fully saturated rings. The Hall–Kier alpha value is -3.52. The highest BCUT2D eigenvalue weighted by atomic mass is 19.1. The third kappa shape index (κ3) is 4.26. The molecule has 0 amide bonds. The predicted octanol–water partition coefficient (Wildman–Crippen LogP) is 4.78. The largest absolute Gasteiger partial charge is 0.367 e. The van der Waals surface area contributed by atoms with Gasteiger partial charge < -0.3 is 20.1 Å². The van der Waals surface area contributed by atoms with Gasteiger partial charge in [0.15, 0.2) is 5.82 Å². The summed E-state index contributed by atoms with van der Waals surface area (Å²) in [4.78, 5) is 22.0. The summed E-state index contributed by atoms with van der Waals surface area (Å²) < 4.78 is 13.4. The molecule has 0 radical (unpaired) electrons. The zero-order valence-electron chi connectivity index (χ0n) is 19.1. The first kappa shape index (κ1) is 21.3. The van der Waals surface area contributed by atoms with Crippen molar-refractivity contribution in [3.05, 3.63) is 60.3 Å². The Bertz CT molecular complexity index is 1260. The van der Waals surface area contributed by atoms with E-state index in [1.807, 2.05) is 18.5 Å². The van der Waals surface area contributed by atoms with E-state index >= 15 is 0 Å². The molecule has 3 aromatic heterocycles. The van der Waals surface area contributed by atoms with Crippen LogP contribution < -0.4 is 10.2 Å². The molecular weight excluding hydrogens is 417 g/mol. The SMILES string of the molecule is CC(C)c1cnc(-c2ccc(F)cc2)nc1Nc1ccnc2[nH]cc(N3CCN(C)CC3)c12. The minimum Gasteiger partial charge on any atom is -0.367 e. The Balaban J connectivity index is 1.55. The Morgan fingerprint density at radius 2 is 1.79 bits per heavy atom. The molecule has 1 aromatic carbocycles. The number of fused-ring (bicyclic) bond motifs is 1. The number of rotatable bonds is 5. The molecule has 0 atom stereocenters. The van der Waals surface area contributed by atoms with Crippen molar-refractivity contribution in [1.82, 2.24) is 24.8 Å². The number of likely N-dealkylation sites (N-methyl/N-ethyl adjacent to an activating group) is 1. The van der Waals surface area contributed by atoms with Gasteiger partial charge in [-0.2, -0.15) is 0 Å². The lowest BCUT2D eigenvalue weighted by Crippen LogP contribution is -2.44. The molecule has 0 unspecified atom stereocenters. The molecule has 0 saturated carbocycles. The number of aromatic amines is 1. The zero-order chi connectivity index (χ0) is 22.9. The van der Waals surface area contributed by atoms with Gasteiger partial charge in [-0.05, 0) is 43.3 Å². The Morgan fingerprint density at radius 3 is 2.52 bits per heavy atom. The van der Waals surface area contributed by atoms with E-state index in [4.69, 9.17) is 4.98 Å². The lowest BCUT2D eigenvalue weighted by atomic mass is 10.1. The van der Waals surface area contributed by atoms with Gasteiger partial charge in [0.25, 0.3) is 0 Å². The molecule has 1 saturated heterocycles. The number of benzene rings is 1. The first-order valence-electron chi connectivity index (χ1n) is 11.3. The summed E-state index contributed by atoms with van der Waals surface area (Å²) in [6, 6.07) is 8.24. The van der Waals surface area contributed by atoms with Crippen molar-refractivity contribution in [2.75, 3.05) is 43.4 Å². The first-order valence-corrected chi connectivity index (χ1v) is 11.3. The molecule has 5 rings (SSSR count). The number of piperazine rings is 1. The fourth-order valence-electron chi connectivity index (χ4n) is 4.22. The van der Waals surface area contributed by atoms with Gasteiger partial charge in [-0.3, -0.25) is 0 Å². The number of H-pyrrole nitrogens is 1. The minimum absolute atomic E-state index is 0.232. The number of nitrogens with zero attached hydrogens (tertiary/aromatic N) is 5. The van der Waals surface area contributed by atoms with E-state index in [0.29, 0.717) is 5.82 Å². The molecule has 7 nitrogen and oxygen atoms in total. The summed E-state index contributed by atoms with van der Waals surface area (Å²) in [6.07, 6.45) is 5.70. The Morgan fingerprint density at radius 1 is 1.03 bits per heavy atom. The average Bonchev–Trinajstić information content (AvgIpc) is 3.25. The summed E-state index contributed by atoms with van der Waals surface area (Å²) >= 11 is 0. The highest BCUT2D eigenvalue weighted by molar-refractivity contribution is 6.01. The van der Waals surface area contributed by atoms with Crippen LogP contribution in [0.4, 0.5) is 21.6 Å². The van der Waals surface area contributed by atoms with Crippen LogP contribution in [0.3, 0.4) is 0 Å². The maximum absolute atomic E-state index is 13.4. The van der Waals surface area contributed by atoms with Gasteiger partial charge in [-0.25, -0.2) is 19.3 Å². The fraction of sp³-hybridized carbons (Fsp3) is 0.320. The summed E-state index contributed by atoms with van der Waals surface area (Å²) in [6.45, 7) is 8.24. The number of hydrogen-bond acceptors (Lipinski definition) is 6. The molecule has 0 aliphatic carbocycles. The molecule has 170 valence electrons. The monoisotopic (exact) mass is 445 g/mol. The van der Waals surface area contributed by atoms with E-state index in [9.17, 15) is 4.39 Å². The lowest BCUT2D eigenvalue weighted by molar-refractivity contribution is 0.313. The molecule has 1 aliphatic heterocycles. The Kier molecular flexibility index (Phi) is 5.68. The van der Waals surface area contributed by atoms with E-state index in [1.165, 1.54) is 12.1 Å². The number of aromatic nitrogens is 4. The molecule has 8 heteroatoms. The molecule has 4 heterocycles. The third-order valence-corrected chi connectivity index (χ3v) is 6.19. The highest BCUT2D eigenvalue weighted by Gasteiger charge is 2.21. The molecule has 33 heavy (non-hydrogen) atoms. The summed E-state index contributed by atoms with van der Waals surface area (Å²) in [7, 11) is 2.16. The van der Waals surface area contributed by atoms with Crippen molar-refractivity contribution in [2.24, 2.45) is 0 Å². The van der Waals surface area contributed by atoms with Crippen LogP contribution in [0.5, 0.6) is 0 Å². The maximum Gasteiger partial charge on any atom is 0.161 e. The third-order valence-electron chi connectivity index (χ3n) is 6.19. The van der Waals surface area contributed by atoms with Crippen LogP contribution in [-0.4, -0.2) is 58.1 Å². The van der Waals surface area contributed by atoms with Crippen molar-refractivity contribution in [2.45, 2.75) is 19.8 Å². The van der Waals surface area contributed by atoms with Gasteiger partial charge in [-0.15, -0.1) is 0 Å². The van der Waals surface area contributed by atoms with Crippen LogP contribution >= 0.6 is 0 Å². The van der Waals surface area contributed by atoms with Gasteiger partial charge in [-0.1, -0.05) is 13.8 Å². The van der Waals surface area contributed by atoms with Crippen molar-refractivity contribution >= 4 is 28.2 Å². The second-order valence-electron chi connectivity index (χ2n) is 8.83. The number of hydrogen-bond donors (Lipinski definition) is 2. The number of pyridine rings is 1. The van der Waals surface area contributed by atoms with Crippen molar-refractivity contribution in [1.29, 1.82) is 0 Å². The highest BCUT2D eigenvalue weighted by Crippen LogP contribution is 2.35. The molecular formula is C25H28FN7. The van der Waals surface area contributed by atoms with E-state index in [0.717, 1.165) is 65.5 Å². The van der Waals surface area contributed by atoms with Gasteiger partial charge in [0.05, 0.1) is 16.8 Å². The topological polar surface area (TPSA) is 73.0 Å². The van der Waals surface area contributed by atoms with Gasteiger partial charge in [0.1, 0.15) is 17.3 Å².